The van der Waals surface area contributed by atoms with E-state index in [9.17, 15) is 4.79 Å². The maximum atomic E-state index is 11.8. The van der Waals surface area contributed by atoms with Crippen LogP contribution in [0.5, 0.6) is 5.75 Å². The number of benzene rings is 1. The third-order valence-corrected chi connectivity index (χ3v) is 3.64. The molecule has 0 spiro atoms. The van der Waals surface area contributed by atoms with Gasteiger partial charge < -0.3 is 14.8 Å². The Hall–Kier alpha value is -1.26. The Morgan fingerprint density at radius 1 is 1.60 bits per heavy atom. The first-order chi connectivity index (χ1) is 9.56. The van der Waals surface area contributed by atoms with Crippen molar-refractivity contribution < 1.29 is 14.3 Å². The summed E-state index contributed by atoms with van der Waals surface area (Å²) in [5.74, 6) is 0.539. The molecule has 5 heteroatoms. The van der Waals surface area contributed by atoms with Crippen molar-refractivity contribution in [2.45, 2.75) is 38.8 Å². The number of hydrogen-bond acceptors (Lipinski definition) is 3. The largest absolute Gasteiger partial charge is 0.484 e. The Kier molecular flexibility index (Phi) is 5.26. The molecule has 2 rings (SSSR count). The molecule has 4 nitrogen and oxygen atoms in total. The van der Waals surface area contributed by atoms with Crippen LogP contribution < -0.4 is 10.1 Å². The Morgan fingerprint density at radius 2 is 2.40 bits per heavy atom. The van der Waals surface area contributed by atoms with E-state index >= 15 is 0 Å². The monoisotopic (exact) mass is 297 g/mol. The molecule has 2 atom stereocenters. The molecule has 0 unspecified atom stereocenters. The van der Waals surface area contributed by atoms with E-state index in [1.807, 2.05) is 19.9 Å². The number of hydrogen-bond donors (Lipinski definition) is 1. The van der Waals surface area contributed by atoms with Gasteiger partial charge in [0.05, 0.1) is 12.1 Å². The number of aryl methyl sites for hydroxylation is 1. The fourth-order valence-corrected chi connectivity index (χ4v) is 2.53. The van der Waals surface area contributed by atoms with Gasteiger partial charge in [0.2, 0.25) is 0 Å². The van der Waals surface area contributed by atoms with Crippen LogP contribution in [0.25, 0.3) is 0 Å². The van der Waals surface area contributed by atoms with E-state index in [2.05, 4.69) is 5.32 Å². The Bertz CT molecular complexity index is 472. The number of carbonyl (C=O) groups excluding carboxylic acids is 1. The fourth-order valence-electron chi connectivity index (χ4n) is 2.30. The highest BCUT2D eigenvalue weighted by molar-refractivity contribution is 6.30. The van der Waals surface area contributed by atoms with Gasteiger partial charge in [-0.2, -0.15) is 0 Å². The van der Waals surface area contributed by atoms with Gasteiger partial charge in [0.15, 0.2) is 6.61 Å². The molecule has 1 heterocycles. The van der Waals surface area contributed by atoms with Crippen LogP contribution in [0.1, 0.15) is 25.3 Å². The van der Waals surface area contributed by atoms with Crippen molar-refractivity contribution in [3.8, 4) is 5.75 Å². The molecule has 1 N–H and O–H groups in total. The van der Waals surface area contributed by atoms with Crippen LogP contribution in [-0.4, -0.2) is 31.3 Å². The van der Waals surface area contributed by atoms with Crippen molar-refractivity contribution in [3.05, 3.63) is 28.8 Å². The quantitative estimate of drug-likeness (QED) is 0.909. The lowest BCUT2D eigenvalue weighted by Crippen LogP contribution is -2.42. The summed E-state index contributed by atoms with van der Waals surface area (Å²) in [5, 5.41) is 3.57. The molecule has 0 aromatic heterocycles. The number of rotatable bonds is 5. The van der Waals surface area contributed by atoms with E-state index in [0.717, 1.165) is 25.0 Å². The third-order valence-electron chi connectivity index (χ3n) is 3.41. The van der Waals surface area contributed by atoms with Crippen molar-refractivity contribution in [2.75, 3.05) is 13.2 Å². The van der Waals surface area contributed by atoms with Crippen LogP contribution in [0.2, 0.25) is 5.02 Å². The number of nitrogens with one attached hydrogen (secondary N) is 1. The number of ether oxygens (including phenoxy) is 2. The van der Waals surface area contributed by atoms with Crippen molar-refractivity contribution in [1.82, 2.24) is 5.32 Å². The van der Waals surface area contributed by atoms with E-state index < -0.39 is 0 Å². The summed E-state index contributed by atoms with van der Waals surface area (Å²) in [5.41, 5.74) is 0.914. The SMILES string of the molecule is Cc1cc(Cl)ccc1OCC(=O)N[C@H](C)[C@H]1CCCO1. The first-order valence-corrected chi connectivity index (χ1v) is 7.24. The highest BCUT2D eigenvalue weighted by Gasteiger charge is 2.23. The van der Waals surface area contributed by atoms with Crippen LogP contribution >= 0.6 is 11.6 Å². The Morgan fingerprint density at radius 3 is 3.05 bits per heavy atom. The van der Waals surface area contributed by atoms with Gasteiger partial charge in [-0.15, -0.1) is 0 Å². The van der Waals surface area contributed by atoms with Crippen molar-refractivity contribution in [2.24, 2.45) is 0 Å². The van der Waals surface area contributed by atoms with Crippen LogP contribution in [0, 0.1) is 6.92 Å². The van der Waals surface area contributed by atoms with Gasteiger partial charge >= 0.3 is 0 Å². The molecule has 20 heavy (non-hydrogen) atoms. The lowest BCUT2D eigenvalue weighted by molar-refractivity contribution is -0.124. The molecule has 1 aliphatic heterocycles. The molecular weight excluding hydrogens is 278 g/mol. The summed E-state index contributed by atoms with van der Waals surface area (Å²) in [4.78, 5) is 11.8. The lowest BCUT2D eigenvalue weighted by atomic mass is 10.1. The predicted octanol–water partition coefficient (Wildman–Crippen LogP) is 2.71. The predicted molar refractivity (Wildman–Crippen MR) is 78.3 cm³/mol. The van der Waals surface area contributed by atoms with Crippen molar-refractivity contribution >= 4 is 17.5 Å². The second kappa shape index (κ2) is 6.95. The molecule has 1 aromatic carbocycles. The molecule has 0 aliphatic carbocycles. The minimum absolute atomic E-state index is 0.000464. The zero-order chi connectivity index (χ0) is 14.5. The zero-order valence-electron chi connectivity index (χ0n) is 11.8. The third kappa shape index (κ3) is 4.12. The average Bonchev–Trinajstić information content (AvgIpc) is 2.91. The van der Waals surface area contributed by atoms with E-state index in [1.165, 1.54) is 0 Å². The average molecular weight is 298 g/mol. The molecule has 0 radical (unpaired) electrons. The van der Waals surface area contributed by atoms with Gasteiger partial charge in [-0.3, -0.25) is 4.79 Å². The minimum atomic E-state index is -0.137. The van der Waals surface area contributed by atoms with Gasteiger partial charge in [-0.25, -0.2) is 0 Å². The van der Waals surface area contributed by atoms with Crippen molar-refractivity contribution in [3.63, 3.8) is 0 Å². The Balaban J connectivity index is 1.79. The van der Waals surface area contributed by atoms with E-state index in [4.69, 9.17) is 21.1 Å². The van der Waals surface area contributed by atoms with Gasteiger partial charge in [0.1, 0.15) is 5.75 Å². The Labute approximate surface area is 124 Å². The fraction of sp³-hybridized carbons (Fsp3) is 0.533. The molecule has 1 saturated heterocycles. The summed E-state index contributed by atoms with van der Waals surface area (Å²) in [6.07, 6.45) is 2.18. The van der Waals surface area contributed by atoms with Gasteiger partial charge in [0.25, 0.3) is 5.91 Å². The molecule has 0 saturated carbocycles. The molecule has 0 bridgehead atoms. The first-order valence-electron chi connectivity index (χ1n) is 6.86. The normalized spacial score (nSPS) is 19.6. The summed E-state index contributed by atoms with van der Waals surface area (Å²) in [6.45, 7) is 4.64. The summed E-state index contributed by atoms with van der Waals surface area (Å²) in [7, 11) is 0. The topological polar surface area (TPSA) is 47.6 Å². The number of halogens is 1. The number of amides is 1. The zero-order valence-corrected chi connectivity index (χ0v) is 12.6. The maximum Gasteiger partial charge on any atom is 0.258 e. The van der Waals surface area contributed by atoms with Crippen LogP contribution in [0.4, 0.5) is 0 Å². The van der Waals surface area contributed by atoms with E-state index in [0.29, 0.717) is 10.8 Å². The number of carbonyl (C=O) groups is 1. The van der Waals surface area contributed by atoms with E-state index in [-0.39, 0.29) is 24.7 Å². The molecule has 1 aromatic rings. The maximum absolute atomic E-state index is 11.8. The van der Waals surface area contributed by atoms with Crippen LogP contribution in [0.15, 0.2) is 18.2 Å². The summed E-state index contributed by atoms with van der Waals surface area (Å²) >= 11 is 5.87. The lowest BCUT2D eigenvalue weighted by Gasteiger charge is -2.20. The molecule has 1 fully saturated rings. The molecule has 1 amide bonds. The van der Waals surface area contributed by atoms with Crippen LogP contribution in [-0.2, 0) is 9.53 Å². The molecule has 1 aliphatic rings. The summed E-state index contributed by atoms with van der Waals surface area (Å²) in [6, 6.07) is 5.34. The molecular formula is C15H20ClNO3. The smallest absolute Gasteiger partial charge is 0.258 e. The first kappa shape index (κ1) is 15.1. The highest BCUT2D eigenvalue weighted by Crippen LogP contribution is 2.21. The van der Waals surface area contributed by atoms with Crippen LogP contribution in [0.3, 0.4) is 0 Å². The van der Waals surface area contributed by atoms with E-state index in [1.54, 1.807) is 12.1 Å². The van der Waals surface area contributed by atoms with Gasteiger partial charge in [0, 0.05) is 11.6 Å². The summed E-state index contributed by atoms with van der Waals surface area (Å²) < 4.78 is 11.0. The highest BCUT2D eigenvalue weighted by atomic mass is 35.5. The van der Waals surface area contributed by atoms with Crippen molar-refractivity contribution in [1.29, 1.82) is 0 Å². The van der Waals surface area contributed by atoms with Gasteiger partial charge in [-0.05, 0) is 50.5 Å². The second-order valence-corrected chi connectivity index (χ2v) is 5.54. The second-order valence-electron chi connectivity index (χ2n) is 5.11. The molecule has 110 valence electrons. The van der Waals surface area contributed by atoms with Gasteiger partial charge in [-0.1, -0.05) is 11.6 Å². The standard InChI is InChI=1S/C15H20ClNO3/c1-10-8-12(16)5-6-13(10)20-9-15(18)17-11(2)14-4-3-7-19-14/h5-6,8,11,14H,3-4,7,9H2,1-2H3,(H,17,18)/t11-,14-/m1/s1. The minimum Gasteiger partial charge on any atom is -0.484 e.